The molecule has 1 unspecified atom stereocenters. The van der Waals surface area contributed by atoms with E-state index < -0.39 is 30.4 Å². The first-order valence-electron chi connectivity index (χ1n) is 11.0. The SMILES string of the molecule is Cc1cccc2c1n(-c1ccc(-c3nccn4cncc34)cn1)c(=O)n2CC(=O)NC(C)C(F)(F)F. The third kappa shape index (κ3) is 4.00. The van der Waals surface area contributed by atoms with Crippen molar-refractivity contribution in [2.45, 2.75) is 32.6 Å². The molecule has 4 aromatic heterocycles. The lowest BCUT2D eigenvalue weighted by Crippen LogP contribution is -2.45. The molecule has 36 heavy (non-hydrogen) atoms. The summed E-state index contributed by atoms with van der Waals surface area (Å²) >= 11 is 0. The Labute approximate surface area is 201 Å². The van der Waals surface area contributed by atoms with Crippen molar-refractivity contribution in [2.24, 2.45) is 0 Å². The fraction of sp³-hybridized carbons (Fsp3) is 0.208. The van der Waals surface area contributed by atoms with Gasteiger partial charge in [-0.3, -0.25) is 14.3 Å². The number of amides is 1. The standard InChI is InChI=1S/C24H20F3N7O2/c1-14-4-3-5-17-22(14)34(23(36)33(17)12-20(35)31-15(2)24(25,26)27)19-7-6-16(10-30-19)21-18-11-28-13-32(18)9-8-29-21/h3-11,13,15H,12H2,1-2H3,(H,31,35). The van der Waals surface area contributed by atoms with Crippen molar-refractivity contribution < 1.29 is 18.0 Å². The number of halogens is 3. The molecule has 0 radical (unpaired) electrons. The second kappa shape index (κ2) is 8.63. The number of para-hydroxylation sites is 1. The molecule has 0 bridgehead atoms. The van der Waals surface area contributed by atoms with Crippen LogP contribution >= 0.6 is 0 Å². The number of hydrogen-bond acceptors (Lipinski definition) is 5. The van der Waals surface area contributed by atoms with Gasteiger partial charge in [-0.2, -0.15) is 13.2 Å². The summed E-state index contributed by atoms with van der Waals surface area (Å²) in [6, 6.07) is 6.53. The zero-order valence-corrected chi connectivity index (χ0v) is 19.2. The molecule has 1 amide bonds. The van der Waals surface area contributed by atoms with Crippen molar-refractivity contribution in [1.29, 1.82) is 0 Å². The van der Waals surface area contributed by atoms with Gasteiger partial charge < -0.3 is 9.72 Å². The van der Waals surface area contributed by atoms with Crippen LogP contribution < -0.4 is 11.0 Å². The van der Waals surface area contributed by atoms with Crippen LogP contribution in [0, 0.1) is 6.92 Å². The van der Waals surface area contributed by atoms with Gasteiger partial charge in [-0.25, -0.2) is 19.3 Å². The quantitative estimate of drug-likeness (QED) is 0.404. The lowest BCUT2D eigenvalue weighted by atomic mass is 10.2. The fourth-order valence-electron chi connectivity index (χ4n) is 4.08. The van der Waals surface area contributed by atoms with E-state index in [4.69, 9.17) is 0 Å². The maximum absolute atomic E-state index is 13.4. The number of aryl methyl sites for hydroxylation is 1. The van der Waals surface area contributed by atoms with Crippen molar-refractivity contribution in [2.75, 3.05) is 0 Å². The monoisotopic (exact) mass is 495 g/mol. The fourth-order valence-corrected chi connectivity index (χ4v) is 4.08. The molecule has 0 saturated heterocycles. The minimum Gasteiger partial charge on any atom is -0.343 e. The first-order chi connectivity index (χ1) is 17.1. The molecule has 0 fully saturated rings. The topological polar surface area (TPSA) is 99.1 Å². The van der Waals surface area contributed by atoms with Crippen LogP contribution in [0.5, 0.6) is 0 Å². The smallest absolute Gasteiger partial charge is 0.343 e. The molecule has 5 rings (SSSR count). The van der Waals surface area contributed by atoms with E-state index in [0.29, 0.717) is 28.1 Å². The van der Waals surface area contributed by atoms with Crippen molar-refractivity contribution in [3.63, 3.8) is 0 Å². The second-order valence-corrected chi connectivity index (χ2v) is 8.34. The number of imidazole rings is 2. The number of carbonyl (C=O) groups is 1. The number of alkyl halides is 3. The van der Waals surface area contributed by atoms with Gasteiger partial charge in [0.25, 0.3) is 0 Å². The predicted molar refractivity (Wildman–Crippen MR) is 126 cm³/mol. The van der Waals surface area contributed by atoms with Crippen LogP contribution in [0.2, 0.25) is 0 Å². The first-order valence-corrected chi connectivity index (χ1v) is 11.0. The minimum absolute atomic E-state index is 0.298. The summed E-state index contributed by atoms with van der Waals surface area (Å²) in [5, 5.41) is 1.90. The third-order valence-corrected chi connectivity index (χ3v) is 5.91. The highest BCUT2D eigenvalue weighted by Gasteiger charge is 2.37. The Morgan fingerprint density at radius 3 is 2.64 bits per heavy atom. The van der Waals surface area contributed by atoms with E-state index in [1.54, 1.807) is 68.4 Å². The lowest BCUT2D eigenvalue weighted by Gasteiger charge is -2.17. The average Bonchev–Trinajstić information content (AvgIpc) is 3.42. The number of nitrogens with one attached hydrogen (secondary N) is 1. The number of fused-ring (bicyclic) bond motifs is 2. The Kier molecular flexibility index (Phi) is 5.58. The highest BCUT2D eigenvalue weighted by atomic mass is 19.4. The van der Waals surface area contributed by atoms with Gasteiger partial charge in [0.2, 0.25) is 5.91 Å². The van der Waals surface area contributed by atoms with Crippen LogP contribution in [0.15, 0.2) is 66.2 Å². The second-order valence-electron chi connectivity index (χ2n) is 8.34. The number of nitrogens with zero attached hydrogens (tertiary/aromatic N) is 6. The van der Waals surface area contributed by atoms with Gasteiger partial charge in [0, 0.05) is 24.2 Å². The molecule has 1 N–H and O–H groups in total. The summed E-state index contributed by atoms with van der Waals surface area (Å²) < 4.78 is 42.9. The van der Waals surface area contributed by atoms with Crippen molar-refractivity contribution in [3.05, 3.63) is 77.5 Å². The highest BCUT2D eigenvalue weighted by molar-refractivity contribution is 5.84. The van der Waals surface area contributed by atoms with E-state index >= 15 is 0 Å². The molecule has 0 aliphatic carbocycles. The molecule has 0 spiro atoms. The van der Waals surface area contributed by atoms with Crippen LogP contribution in [0.25, 0.3) is 33.6 Å². The number of hydrogen-bond donors (Lipinski definition) is 1. The lowest BCUT2D eigenvalue weighted by molar-refractivity contribution is -0.158. The first kappa shape index (κ1) is 23.3. The van der Waals surface area contributed by atoms with Gasteiger partial charge in [-0.05, 0) is 37.6 Å². The van der Waals surface area contributed by atoms with Crippen molar-refractivity contribution in [1.82, 2.24) is 33.8 Å². The van der Waals surface area contributed by atoms with Crippen LogP contribution in [0.4, 0.5) is 13.2 Å². The number of rotatable bonds is 5. The predicted octanol–water partition coefficient (Wildman–Crippen LogP) is 3.27. The molecule has 0 saturated carbocycles. The highest BCUT2D eigenvalue weighted by Crippen LogP contribution is 2.24. The number of carbonyl (C=O) groups excluding carboxylic acids is 1. The van der Waals surface area contributed by atoms with Gasteiger partial charge in [0.1, 0.15) is 18.4 Å². The van der Waals surface area contributed by atoms with Crippen LogP contribution in [-0.2, 0) is 11.3 Å². The van der Waals surface area contributed by atoms with E-state index in [9.17, 15) is 22.8 Å². The van der Waals surface area contributed by atoms with Gasteiger partial charge in [0.05, 0.1) is 34.8 Å². The largest absolute Gasteiger partial charge is 0.408 e. The minimum atomic E-state index is -4.59. The van der Waals surface area contributed by atoms with E-state index in [1.165, 1.54) is 4.57 Å². The van der Waals surface area contributed by atoms with E-state index in [0.717, 1.165) is 22.6 Å². The third-order valence-electron chi connectivity index (χ3n) is 5.91. The summed E-state index contributed by atoms with van der Waals surface area (Å²) in [7, 11) is 0. The van der Waals surface area contributed by atoms with Gasteiger partial charge in [-0.1, -0.05) is 12.1 Å². The molecule has 4 heterocycles. The van der Waals surface area contributed by atoms with Gasteiger partial charge in [0.15, 0.2) is 0 Å². The van der Waals surface area contributed by atoms with Crippen LogP contribution in [0.1, 0.15) is 12.5 Å². The summed E-state index contributed by atoms with van der Waals surface area (Å²) in [6.07, 6.45) is 3.75. The number of aromatic nitrogens is 6. The molecule has 9 nitrogen and oxygen atoms in total. The Balaban J connectivity index is 1.55. The van der Waals surface area contributed by atoms with Crippen molar-refractivity contribution in [3.8, 4) is 17.1 Å². The van der Waals surface area contributed by atoms with Gasteiger partial charge >= 0.3 is 11.9 Å². The molecular formula is C24H20F3N7O2. The van der Waals surface area contributed by atoms with Crippen LogP contribution in [0.3, 0.4) is 0 Å². The Morgan fingerprint density at radius 2 is 1.92 bits per heavy atom. The zero-order chi connectivity index (χ0) is 25.6. The summed E-state index contributed by atoms with van der Waals surface area (Å²) in [5.74, 6) is -0.628. The van der Waals surface area contributed by atoms with Crippen molar-refractivity contribution >= 4 is 22.5 Å². The molecule has 12 heteroatoms. The Morgan fingerprint density at radius 1 is 1.11 bits per heavy atom. The summed E-state index contributed by atoms with van der Waals surface area (Å²) in [4.78, 5) is 38.8. The average molecular weight is 495 g/mol. The van der Waals surface area contributed by atoms with E-state index in [-0.39, 0.29) is 0 Å². The number of pyridine rings is 1. The molecule has 184 valence electrons. The molecule has 0 aliphatic heterocycles. The zero-order valence-electron chi connectivity index (χ0n) is 19.2. The molecule has 1 atom stereocenters. The molecule has 1 aromatic carbocycles. The molecule has 0 aliphatic rings. The molecular weight excluding hydrogens is 475 g/mol. The Hall–Kier alpha value is -4.48. The van der Waals surface area contributed by atoms with Crippen LogP contribution in [-0.4, -0.2) is 46.6 Å². The molecule has 5 aromatic rings. The Bertz CT molecular complexity index is 1650. The summed E-state index contributed by atoms with van der Waals surface area (Å²) in [6.45, 7) is 2.07. The maximum atomic E-state index is 13.4. The summed E-state index contributed by atoms with van der Waals surface area (Å²) in [5.41, 5.74) is 3.22. The van der Waals surface area contributed by atoms with E-state index in [2.05, 4.69) is 15.0 Å². The normalized spacial score (nSPS) is 12.8. The van der Waals surface area contributed by atoms with E-state index in [1.807, 2.05) is 9.72 Å². The number of benzene rings is 1. The maximum Gasteiger partial charge on any atom is 0.408 e. The van der Waals surface area contributed by atoms with Gasteiger partial charge in [-0.15, -0.1) is 0 Å².